The Balaban J connectivity index is 2.06. The lowest BCUT2D eigenvalue weighted by Crippen LogP contribution is -2.38. The smallest absolute Gasteiger partial charge is 0.251 e. The lowest BCUT2D eigenvalue weighted by molar-refractivity contribution is -0.131. The summed E-state index contributed by atoms with van der Waals surface area (Å²) in [5.74, 6) is -0.202. The van der Waals surface area contributed by atoms with Gasteiger partial charge in [-0.25, -0.2) is 0 Å². The molecule has 0 unspecified atom stereocenters. The van der Waals surface area contributed by atoms with Crippen LogP contribution in [0, 0.1) is 0 Å². The van der Waals surface area contributed by atoms with Gasteiger partial charge in [-0.15, -0.1) is 0 Å². The summed E-state index contributed by atoms with van der Waals surface area (Å²) in [6.07, 6.45) is 1.89. The molecule has 0 atom stereocenters. The molecule has 19 heavy (non-hydrogen) atoms. The Morgan fingerprint density at radius 3 is 2.89 bits per heavy atom. The molecule has 1 aliphatic rings. The Kier molecular flexibility index (Phi) is 4.36. The summed E-state index contributed by atoms with van der Waals surface area (Å²) in [4.78, 5) is 36.5. The number of nitrogens with one attached hydrogen (secondary N) is 1. The number of pyridine rings is 1. The monoisotopic (exact) mass is 327 g/mol. The predicted octanol–water partition coefficient (Wildman–Crippen LogP) is -0.0407. The highest BCUT2D eigenvalue weighted by atomic mass is 79.9. The maximum atomic E-state index is 12.1. The number of hydrogen-bond donors (Lipinski definition) is 1. The van der Waals surface area contributed by atoms with Crippen molar-refractivity contribution in [2.24, 2.45) is 0 Å². The van der Waals surface area contributed by atoms with Gasteiger partial charge in [-0.2, -0.15) is 0 Å². The molecular formula is C12H14BrN3O3. The van der Waals surface area contributed by atoms with Crippen LogP contribution in [0.3, 0.4) is 0 Å². The van der Waals surface area contributed by atoms with Gasteiger partial charge in [0, 0.05) is 42.8 Å². The predicted molar refractivity (Wildman–Crippen MR) is 72.6 cm³/mol. The van der Waals surface area contributed by atoms with Gasteiger partial charge in [-0.05, 0) is 22.0 Å². The van der Waals surface area contributed by atoms with E-state index in [1.54, 1.807) is 17.2 Å². The van der Waals surface area contributed by atoms with Crippen molar-refractivity contribution in [1.29, 1.82) is 0 Å². The summed E-state index contributed by atoms with van der Waals surface area (Å²) >= 11 is 3.26. The molecule has 0 spiro atoms. The van der Waals surface area contributed by atoms with E-state index in [0.717, 1.165) is 4.47 Å². The molecule has 1 saturated heterocycles. The third-order valence-electron chi connectivity index (χ3n) is 2.92. The Labute approximate surface area is 118 Å². The highest BCUT2D eigenvalue weighted by Crippen LogP contribution is 2.05. The zero-order valence-electron chi connectivity index (χ0n) is 10.3. The van der Waals surface area contributed by atoms with Crippen LogP contribution in [0.1, 0.15) is 6.42 Å². The Morgan fingerprint density at radius 2 is 2.11 bits per heavy atom. The van der Waals surface area contributed by atoms with Crippen LogP contribution in [0.5, 0.6) is 0 Å². The standard InChI is InChI=1S/C12H14BrN3O3/c13-9-1-2-11(18)16(7-9)8-12(19)15-5-3-10(17)14-4-6-15/h1-2,7H,3-6,8H2,(H,14,17). The van der Waals surface area contributed by atoms with Crippen molar-refractivity contribution in [3.8, 4) is 0 Å². The molecule has 2 heterocycles. The summed E-state index contributed by atoms with van der Waals surface area (Å²) < 4.78 is 2.10. The second kappa shape index (κ2) is 6.01. The topological polar surface area (TPSA) is 71.4 Å². The van der Waals surface area contributed by atoms with E-state index in [1.165, 1.54) is 10.6 Å². The van der Waals surface area contributed by atoms with Crippen molar-refractivity contribution in [2.75, 3.05) is 19.6 Å². The van der Waals surface area contributed by atoms with Crippen molar-refractivity contribution in [3.05, 3.63) is 33.2 Å². The molecule has 0 saturated carbocycles. The number of halogens is 1. The van der Waals surface area contributed by atoms with E-state index in [4.69, 9.17) is 0 Å². The van der Waals surface area contributed by atoms with Crippen molar-refractivity contribution in [1.82, 2.24) is 14.8 Å². The Hall–Kier alpha value is -1.63. The fourth-order valence-electron chi connectivity index (χ4n) is 1.89. The SMILES string of the molecule is O=C1CCN(C(=O)Cn2cc(Br)ccc2=O)CCN1. The average Bonchev–Trinajstić information content (AvgIpc) is 2.59. The van der Waals surface area contributed by atoms with E-state index in [-0.39, 0.29) is 23.9 Å². The summed E-state index contributed by atoms with van der Waals surface area (Å²) in [6, 6.07) is 3.04. The molecule has 1 N–H and O–H groups in total. The fraction of sp³-hybridized carbons (Fsp3) is 0.417. The summed E-state index contributed by atoms with van der Waals surface area (Å²) in [7, 11) is 0. The zero-order valence-corrected chi connectivity index (χ0v) is 11.9. The summed E-state index contributed by atoms with van der Waals surface area (Å²) in [5, 5.41) is 2.70. The number of rotatable bonds is 2. The van der Waals surface area contributed by atoms with Gasteiger partial charge in [0.05, 0.1) is 0 Å². The first-order chi connectivity index (χ1) is 9.06. The Bertz CT molecular complexity index is 555. The van der Waals surface area contributed by atoms with E-state index in [9.17, 15) is 14.4 Å². The van der Waals surface area contributed by atoms with Gasteiger partial charge in [-0.3, -0.25) is 14.4 Å². The van der Waals surface area contributed by atoms with Crippen LogP contribution in [0.25, 0.3) is 0 Å². The lowest BCUT2D eigenvalue weighted by Gasteiger charge is -2.20. The van der Waals surface area contributed by atoms with E-state index in [2.05, 4.69) is 21.2 Å². The van der Waals surface area contributed by atoms with Crippen LogP contribution in [0.4, 0.5) is 0 Å². The summed E-state index contributed by atoms with van der Waals surface area (Å²) in [6.45, 7) is 1.32. The molecule has 1 aromatic heterocycles. The second-order valence-electron chi connectivity index (χ2n) is 4.29. The van der Waals surface area contributed by atoms with Gasteiger partial charge < -0.3 is 14.8 Å². The quantitative estimate of drug-likeness (QED) is 0.828. The minimum Gasteiger partial charge on any atom is -0.354 e. The van der Waals surface area contributed by atoms with Gasteiger partial charge in [0.1, 0.15) is 6.54 Å². The number of aromatic nitrogens is 1. The third kappa shape index (κ3) is 3.66. The van der Waals surface area contributed by atoms with Crippen LogP contribution < -0.4 is 10.9 Å². The van der Waals surface area contributed by atoms with Crippen LogP contribution in [-0.2, 0) is 16.1 Å². The molecular weight excluding hydrogens is 314 g/mol. The zero-order chi connectivity index (χ0) is 13.8. The molecule has 0 aliphatic carbocycles. The molecule has 0 aromatic carbocycles. The number of amides is 2. The molecule has 7 heteroatoms. The van der Waals surface area contributed by atoms with E-state index in [1.807, 2.05) is 0 Å². The van der Waals surface area contributed by atoms with Crippen LogP contribution in [-0.4, -0.2) is 40.9 Å². The fourth-order valence-corrected chi connectivity index (χ4v) is 2.27. The van der Waals surface area contributed by atoms with Crippen molar-refractivity contribution >= 4 is 27.7 Å². The normalized spacial score (nSPS) is 15.8. The van der Waals surface area contributed by atoms with Gasteiger partial charge >= 0.3 is 0 Å². The summed E-state index contributed by atoms with van der Waals surface area (Å²) in [5.41, 5.74) is -0.222. The molecule has 1 aromatic rings. The van der Waals surface area contributed by atoms with Gasteiger partial charge in [0.25, 0.3) is 5.56 Å². The Morgan fingerprint density at radius 1 is 1.32 bits per heavy atom. The van der Waals surface area contributed by atoms with Crippen LogP contribution in [0.15, 0.2) is 27.6 Å². The molecule has 0 radical (unpaired) electrons. The molecule has 2 rings (SSSR count). The molecule has 0 bridgehead atoms. The van der Waals surface area contributed by atoms with Crippen molar-refractivity contribution < 1.29 is 9.59 Å². The molecule has 1 aliphatic heterocycles. The highest BCUT2D eigenvalue weighted by molar-refractivity contribution is 9.10. The van der Waals surface area contributed by atoms with Crippen LogP contribution in [0.2, 0.25) is 0 Å². The number of nitrogens with zero attached hydrogens (tertiary/aromatic N) is 2. The third-order valence-corrected chi connectivity index (χ3v) is 3.39. The number of hydrogen-bond acceptors (Lipinski definition) is 3. The highest BCUT2D eigenvalue weighted by Gasteiger charge is 2.18. The minimum absolute atomic E-state index is 0.00748. The largest absolute Gasteiger partial charge is 0.354 e. The molecule has 6 nitrogen and oxygen atoms in total. The average molecular weight is 328 g/mol. The molecule has 1 fully saturated rings. The first-order valence-corrected chi connectivity index (χ1v) is 6.76. The number of carbonyl (C=O) groups is 2. The molecule has 2 amide bonds. The van der Waals surface area contributed by atoms with Gasteiger partial charge in [0.15, 0.2) is 0 Å². The lowest BCUT2D eigenvalue weighted by atomic mass is 10.3. The van der Waals surface area contributed by atoms with Crippen molar-refractivity contribution in [3.63, 3.8) is 0 Å². The van der Waals surface area contributed by atoms with E-state index < -0.39 is 0 Å². The number of carbonyl (C=O) groups excluding carboxylic acids is 2. The molecule has 102 valence electrons. The van der Waals surface area contributed by atoms with Gasteiger partial charge in [0.2, 0.25) is 11.8 Å². The first-order valence-electron chi connectivity index (χ1n) is 5.97. The maximum Gasteiger partial charge on any atom is 0.251 e. The van der Waals surface area contributed by atoms with E-state index >= 15 is 0 Å². The van der Waals surface area contributed by atoms with E-state index in [0.29, 0.717) is 26.1 Å². The van der Waals surface area contributed by atoms with Crippen LogP contribution >= 0.6 is 15.9 Å². The first kappa shape index (κ1) is 13.8. The van der Waals surface area contributed by atoms with Crippen molar-refractivity contribution in [2.45, 2.75) is 13.0 Å². The minimum atomic E-state index is -0.222. The second-order valence-corrected chi connectivity index (χ2v) is 5.21. The maximum absolute atomic E-state index is 12.1. The van der Waals surface area contributed by atoms with Gasteiger partial charge in [-0.1, -0.05) is 0 Å².